The summed E-state index contributed by atoms with van der Waals surface area (Å²) in [6, 6.07) is 10.2. The van der Waals surface area contributed by atoms with Gasteiger partial charge in [0.05, 0.1) is 5.69 Å². The van der Waals surface area contributed by atoms with Crippen molar-refractivity contribution in [3.63, 3.8) is 0 Å². The molecule has 0 unspecified atom stereocenters. The van der Waals surface area contributed by atoms with E-state index in [1.54, 1.807) is 12.1 Å². The van der Waals surface area contributed by atoms with Gasteiger partial charge in [-0.1, -0.05) is 12.1 Å². The van der Waals surface area contributed by atoms with Crippen LogP contribution in [0.4, 0.5) is 5.69 Å². The zero-order valence-corrected chi connectivity index (χ0v) is 11.7. The number of phenols is 3. The number of nitrogens with one attached hydrogen (secondary N) is 2. The van der Waals surface area contributed by atoms with Gasteiger partial charge in [-0.3, -0.25) is 10.2 Å². The first-order valence-electron chi connectivity index (χ1n) is 6.60. The Hall–Kier alpha value is -3.48. The number of fused-ring (bicyclic) bond motifs is 1. The number of anilines is 1. The zero-order valence-electron chi connectivity index (χ0n) is 11.7. The maximum absolute atomic E-state index is 12.3. The second-order valence-corrected chi connectivity index (χ2v) is 4.81. The highest BCUT2D eigenvalue weighted by molar-refractivity contribution is 6.06. The van der Waals surface area contributed by atoms with Crippen molar-refractivity contribution >= 4 is 22.6 Å². The molecular formula is C16H12N2O5. The number of carbonyl (C=O) groups is 1. The Bertz CT molecular complexity index is 978. The Morgan fingerprint density at radius 1 is 1.04 bits per heavy atom. The van der Waals surface area contributed by atoms with Gasteiger partial charge in [-0.05, 0) is 30.3 Å². The number of benzene rings is 2. The van der Waals surface area contributed by atoms with E-state index in [0.29, 0.717) is 5.39 Å². The molecule has 0 aliphatic heterocycles. The van der Waals surface area contributed by atoms with Crippen molar-refractivity contribution in [2.45, 2.75) is 0 Å². The molecule has 23 heavy (non-hydrogen) atoms. The molecule has 116 valence electrons. The minimum Gasteiger partial charge on any atom is -0.506 e. The van der Waals surface area contributed by atoms with Crippen LogP contribution in [0.5, 0.6) is 17.2 Å². The quantitative estimate of drug-likeness (QED) is 0.464. The lowest BCUT2D eigenvalue weighted by molar-refractivity contribution is 0.102. The molecular weight excluding hydrogens is 300 g/mol. The van der Waals surface area contributed by atoms with E-state index < -0.39 is 17.2 Å². The van der Waals surface area contributed by atoms with Crippen molar-refractivity contribution in [3.8, 4) is 17.2 Å². The molecule has 2 aromatic carbocycles. The molecule has 0 saturated carbocycles. The Morgan fingerprint density at radius 2 is 1.78 bits per heavy atom. The van der Waals surface area contributed by atoms with Crippen LogP contribution in [0.2, 0.25) is 0 Å². The molecule has 0 spiro atoms. The van der Waals surface area contributed by atoms with Crippen molar-refractivity contribution < 1.29 is 24.5 Å². The highest BCUT2D eigenvalue weighted by Gasteiger charge is 2.16. The van der Waals surface area contributed by atoms with Crippen molar-refractivity contribution in [2.24, 2.45) is 0 Å². The summed E-state index contributed by atoms with van der Waals surface area (Å²) in [6.45, 7) is 0. The van der Waals surface area contributed by atoms with Gasteiger partial charge < -0.3 is 25.1 Å². The minimum atomic E-state index is -0.644. The van der Waals surface area contributed by atoms with E-state index in [1.165, 1.54) is 30.3 Å². The summed E-state index contributed by atoms with van der Waals surface area (Å²) in [5.74, 6) is -1.63. The number of hydrogen-bond donors (Lipinski definition) is 5. The zero-order chi connectivity index (χ0) is 16.6. The Balaban J connectivity index is 2.05. The topological polar surface area (TPSA) is 127 Å². The van der Waals surface area contributed by atoms with Gasteiger partial charge in [0, 0.05) is 5.39 Å². The largest absolute Gasteiger partial charge is 0.506 e. The third-order valence-corrected chi connectivity index (χ3v) is 3.29. The summed E-state index contributed by atoms with van der Waals surface area (Å²) < 4.78 is 5.13. The Kier molecular flexibility index (Phi) is 3.38. The van der Waals surface area contributed by atoms with Gasteiger partial charge in [-0.25, -0.2) is 0 Å². The summed E-state index contributed by atoms with van der Waals surface area (Å²) >= 11 is 0. The molecule has 0 bridgehead atoms. The summed E-state index contributed by atoms with van der Waals surface area (Å²) in [5.41, 5.74) is -0.447. The summed E-state index contributed by atoms with van der Waals surface area (Å²) in [4.78, 5) is 12.3. The number of amides is 1. The highest BCUT2D eigenvalue weighted by Crippen LogP contribution is 2.32. The molecule has 0 fully saturated rings. The molecule has 1 aromatic heterocycles. The van der Waals surface area contributed by atoms with Crippen LogP contribution in [0.25, 0.3) is 11.0 Å². The average Bonchev–Trinajstić information content (AvgIpc) is 2.53. The summed E-state index contributed by atoms with van der Waals surface area (Å²) in [5, 5.41) is 39.4. The maximum atomic E-state index is 12.3. The second kappa shape index (κ2) is 5.38. The van der Waals surface area contributed by atoms with Gasteiger partial charge in [0.1, 0.15) is 11.3 Å². The fraction of sp³-hybridized carbons (Fsp3) is 0. The third kappa shape index (κ3) is 2.55. The molecule has 0 aliphatic rings. The van der Waals surface area contributed by atoms with Crippen LogP contribution in [0.15, 0.2) is 46.9 Å². The molecule has 7 nitrogen and oxygen atoms in total. The SMILES string of the molecule is N=c1oc2c(O)c(O)ccc2cc1C(=O)Nc1ccccc1O. The van der Waals surface area contributed by atoms with Crippen LogP contribution in [-0.4, -0.2) is 21.2 Å². The lowest BCUT2D eigenvalue weighted by Gasteiger charge is -2.08. The normalized spacial score (nSPS) is 10.6. The van der Waals surface area contributed by atoms with E-state index >= 15 is 0 Å². The van der Waals surface area contributed by atoms with Crippen LogP contribution in [0.3, 0.4) is 0 Å². The van der Waals surface area contributed by atoms with Crippen molar-refractivity contribution in [3.05, 3.63) is 53.6 Å². The molecule has 0 atom stereocenters. The summed E-state index contributed by atoms with van der Waals surface area (Å²) in [7, 11) is 0. The number of rotatable bonds is 2. The molecule has 1 heterocycles. The lowest BCUT2D eigenvalue weighted by Crippen LogP contribution is -2.20. The molecule has 0 saturated heterocycles. The van der Waals surface area contributed by atoms with Crippen molar-refractivity contribution in [2.75, 3.05) is 5.32 Å². The van der Waals surface area contributed by atoms with Crippen LogP contribution < -0.4 is 10.9 Å². The van der Waals surface area contributed by atoms with Gasteiger partial charge in [0.25, 0.3) is 5.91 Å². The lowest BCUT2D eigenvalue weighted by atomic mass is 10.1. The van der Waals surface area contributed by atoms with E-state index in [9.17, 15) is 20.1 Å². The van der Waals surface area contributed by atoms with Crippen LogP contribution >= 0.6 is 0 Å². The maximum Gasteiger partial charge on any atom is 0.261 e. The highest BCUT2D eigenvalue weighted by atomic mass is 16.4. The van der Waals surface area contributed by atoms with Crippen molar-refractivity contribution in [1.82, 2.24) is 0 Å². The molecule has 0 radical (unpaired) electrons. The first-order valence-corrected chi connectivity index (χ1v) is 6.60. The average molecular weight is 312 g/mol. The molecule has 3 aromatic rings. The van der Waals surface area contributed by atoms with E-state index in [1.807, 2.05) is 0 Å². The molecule has 5 N–H and O–H groups in total. The third-order valence-electron chi connectivity index (χ3n) is 3.29. The molecule has 3 rings (SSSR count). The number of para-hydroxylation sites is 2. The van der Waals surface area contributed by atoms with Gasteiger partial charge in [0.2, 0.25) is 11.3 Å². The molecule has 1 amide bonds. The smallest absolute Gasteiger partial charge is 0.261 e. The molecule has 0 aliphatic carbocycles. The first-order chi connectivity index (χ1) is 11.0. The van der Waals surface area contributed by atoms with Gasteiger partial charge in [0.15, 0.2) is 11.3 Å². The Morgan fingerprint density at radius 3 is 2.52 bits per heavy atom. The van der Waals surface area contributed by atoms with Crippen molar-refractivity contribution in [1.29, 1.82) is 5.41 Å². The van der Waals surface area contributed by atoms with E-state index in [2.05, 4.69) is 5.32 Å². The number of carbonyl (C=O) groups excluding carboxylic acids is 1. The van der Waals surface area contributed by atoms with E-state index in [-0.39, 0.29) is 28.3 Å². The van der Waals surface area contributed by atoms with Crippen LogP contribution in [0, 0.1) is 5.41 Å². The minimum absolute atomic E-state index is 0.0779. The fourth-order valence-electron chi connectivity index (χ4n) is 2.11. The number of phenolic OH excluding ortho intramolecular Hbond substituents is 3. The first kappa shape index (κ1) is 14.5. The van der Waals surface area contributed by atoms with Crippen LogP contribution in [-0.2, 0) is 0 Å². The van der Waals surface area contributed by atoms with E-state index in [4.69, 9.17) is 9.83 Å². The van der Waals surface area contributed by atoms with Gasteiger partial charge in [-0.15, -0.1) is 0 Å². The second-order valence-electron chi connectivity index (χ2n) is 4.81. The molecule has 7 heteroatoms. The number of aromatic hydroxyl groups is 3. The summed E-state index contributed by atoms with van der Waals surface area (Å²) in [6.07, 6.45) is 0. The predicted molar refractivity (Wildman–Crippen MR) is 81.5 cm³/mol. The van der Waals surface area contributed by atoms with E-state index in [0.717, 1.165) is 0 Å². The van der Waals surface area contributed by atoms with Gasteiger partial charge >= 0.3 is 0 Å². The van der Waals surface area contributed by atoms with Gasteiger partial charge in [-0.2, -0.15) is 0 Å². The van der Waals surface area contributed by atoms with Crippen LogP contribution in [0.1, 0.15) is 10.4 Å². The monoisotopic (exact) mass is 312 g/mol. The fourth-order valence-corrected chi connectivity index (χ4v) is 2.11. The predicted octanol–water partition coefficient (Wildman–Crippen LogP) is 2.28. The Labute approximate surface area is 129 Å². The standard InChI is InChI=1S/C16H12N2O5/c17-15-9(16(22)18-10-3-1-2-4-11(10)19)7-8-5-6-12(20)13(21)14(8)23-15/h1-7,17,19-21H,(H,18,22). The number of hydrogen-bond acceptors (Lipinski definition) is 6.